The van der Waals surface area contributed by atoms with Crippen molar-refractivity contribution in [2.75, 3.05) is 5.43 Å². The van der Waals surface area contributed by atoms with Crippen molar-refractivity contribution in [3.05, 3.63) is 42.5 Å². The molecule has 0 bridgehead atoms. The van der Waals surface area contributed by atoms with Crippen molar-refractivity contribution in [1.82, 2.24) is 5.01 Å². The highest BCUT2D eigenvalue weighted by Gasteiger charge is 2.31. The maximum atomic E-state index is 12.1. The molecule has 0 atom stereocenters. The van der Waals surface area contributed by atoms with Gasteiger partial charge in [-0.3, -0.25) is 10.2 Å². The van der Waals surface area contributed by atoms with E-state index in [0.717, 1.165) is 21.5 Å². The summed E-state index contributed by atoms with van der Waals surface area (Å²) in [5, 5.41) is 11.1. The van der Waals surface area contributed by atoms with Crippen LogP contribution in [0.5, 0.6) is 0 Å². The van der Waals surface area contributed by atoms with Crippen LogP contribution in [0.15, 0.2) is 52.7 Å². The van der Waals surface area contributed by atoms with E-state index in [4.69, 9.17) is 18.0 Å². The van der Waals surface area contributed by atoms with Crippen molar-refractivity contribution < 1.29 is 4.79 Å². The van der Waals surface area contributed by atoms with Gasteiger partial charge in [-0.1, -0.05) is 36.4 Å². The molecule has 0 unspecified atom stereocenters. The Balaban J connectivity index is 1.92. The summed E-state index contributed by atoms with van der Waals surface area (Å²) in [5.74, 6) is -0.433. The lowest BCUT2D eigenvalue weighted by Crippen LogP contribution is -2.36. The lowest BCUT2D eigenvalue weighted by molar-refractivity contribution is -0.119. The zero-order chi connectivity index (χ0) is 15.7. The number of carbonyl (C=O) groups excluding carboxylic acids is 1. The van der Waals surface area contributed by atoms with Gasteiger partial charge in [0.2, 0.25) is 0 Å². The highest BCUT2D eigenvalue weighted by Crippen LogP contribution is 2.23. The van der Waals surface area contributed by atoms with Crippen LogP contribution in [0.25, 0.3) is 10.8 Å². The summed E-state index contributed by atoms with van der Waals surface area (Å²) in [6.45, 7) is 1.68. The first kappa shape index (κ1) is 14.2. The Kier molecular flexibility index (Phi) is 3.56. The number of amides is 1. The second-order valence-electron chi connectivity index (χ2n) is 4.74. The van der Waals surface area contributed by atoms with Crippen molar-refractivity contribution in [1.29, 1.82) is 0 Å². The molecule has 0 saturated carbocycles. The van der Waals surface area contributed by atoms with Gasteiger partial charge in [-0.25, -0.2) is 0 Å². The molecule has 0 radical (unpaired) electrons. The van der Waals surface area contributed by atoms with E-state index < -0.39 is 5.91 Å². The highest BCUT2D eigenvalue weighted by molar-refractivity contribution is 7.80. The zero-order valence-electron chi connectivity index (χ0n) is 11.8. The number of anilines is 1. The molecule has 0 aliphatic carbocycles. The minimum Gasteiger partial charge on any atom is -0.374 e. The lowest BCUT2D eigenvalue weighted by atomic mass is 10.1. The molecule has 1 heterocycles. The van der Waals surface area contributed by atoms with Crippen LogP contribution in [0.4, 0.5) is 5.69 Å². The highest BCUT2D eigenvalue weighted by atomic mass is 32.1. The predicted molar refractivity (Wildman–Crippen MR) is 91.7 cm³/mol. The molecule has 0 saturated heterocycles. The van der Waals surface area contributed by atoms with E-state index in [2.05, 4.69) is 15.6 Å². The number of fused-ring (bicyclic) bond motifs is 1. The molecule has 1 aliphatic rings. The maximum absolute atomic E-state index is 12.1. The number of thiocarbonyl (C=S) groups is 1. The third-order valence-electron chi connectivity index (χ3n) is 3.27. The van der Waals surface area contributed by atoms with Gasteiger partial charge in [-0.2, -0.15) is 15.2 Å². The summed E-state index contributed by atoms with van der Waals surface area (Å²) in [5.41, 5.74) is 9.84. The van der Waals surface area contributed by atoms with Crippen LogP contribution in [0.2, 0.25) is 0 Å². The monoisotopic (exact) mass is 311 g/mol. The van der Waals surface area contributed by atoms with Crippen LogP contribution in [-0.2, 0) is 4.79 Å². The topological polar surface area (TPSA) is 83.1 Å². The maximum Gasteiger partial charge on any atom is 0.303 e. The van der Waals surface area contributed by atoms with Crippen LogP contribution in [0, 0.1) is 0 Å². The molecule has 1 aliphatic heterocycles. The van der Waals surface area contributed by atoms with Crippen molar-refractivity contribution in [2.24, 2.45) is 15.9 Å². The van der Waals surface area contributed by atoms with Gasteiger partial charge in [-0.15, -0.1) is 0 Å². The van der Waals surface area contributed by atoms with E-state index in [1.165, 1.54) is 0 Å². The van der Waals surface area contributed by atoms with E-state index >= 15 is 0 Å². The number of hydrogen-bond acceptors (Lipinski definition) is 5. The normalized spacial score (nSPS) is 16.2. The van der Waals surface area contributed by atoms with Gasteiger partial charge in [0.15, 0.2) is 10.8 Å². The van der Waals surface area contributed by atoms with Gasteiger partial charge in [0.05, 0.1) is 11.4 Å². The van der Waals surface area contributed by atoms with E-state index in [-0.39, 0.29) is 10.8 Å². The molecule has 1 amide bonds. The second kappa shape index (κ2) is 5.53. The van der Waals surface area contributed by atoms with Crippen LogP contribution in [0.3, 0.4) is 0 Å². The van der Waals surface area contributed by atoms with Crippen molar-refractivity contribution in [2.45, 2.75) is 6.92 Å². The average Bonchev–Trinajstić information content (AvgIpc) is 2.80. The summed E-state index contributed by atoms with van der Waals surface area (Å²) < 4.78 is 0. The molecule has 110 valence electrons. The van der Waals surface area contributed by atoms with E-state index in [1.54, 1.807) is 6.92 Å². The van der Waals surface area contributed by atoms with Crippen molar-refractivity contribution >= 4 is 51.1 Å². The molecular weight excluding hydrogens is 298 g/mol. The summed E-state index contributed by atoms with van der Waals surface area (Å²) >= 11 is 4.78. The number of rotatable bonds is 2. The molecule has 0 aromatic heterocycles. The Morgan fingerprint density at radius 1 is 1.27 bits per heavy atom. The minimum absolute atomic E-state index is 0.0975. The summed E-state index contributed by atoms with van der Waals surface area (Å²) in [7, 11) is 0. The fourth-order valence-electron chi connectivity index (χ4n) is 2.21. The van der Waals surface area contributed by atoms with Gasteiger partial charge in [-0.05, 0) is 30.6 Å². The van der Waals surface area contributed by atoms with Gasteiger partial charge >= 0.3 is 5.91 Å². The number of carbonyl (C=O) groups is 1. The van der Waals surface area contributed by atoms with Gasteiger partial charge in [0.25, 0.3) is 0 Å². The summed E-state index contributed by atoms with van der Waals surface area (Å²) in [6.07, 6.45) is 0. The van der Waals surface area contributed by atoms with Crippen molar-refractivity contribution in [3.8, 4) is 0 Å². The first-order chi connectivity index (χ1) is 10.6. The van der Waals surface area contributed by atoms with E-state index in [1.807, 2.05) is 42.5 Å². The lowest BCUT2D eigenvalue weighted by Gasteiger charge is -2.08. The van der Waals surface area contributed by atoms with E-state index in [9.17, 15) is 4.79 Å². The standard InChI is InChI=1S/C15H13N5OS/c1-9-13(14(21)20(19-9)15(16)22)18-17-12-8-4-6-10-5-2-3-7-11(10)12/h2-8,17H,1H3,(H2,16,22). The van der Waals surface area contributed by atoms with Gasteiger partial charge in [0, 0.05) is 5.39 Å². The molecular formula is C15H13N5OS. The third-order valence-corrected chi connectivity index (χ3v) is 3.45. The average molecular weight is 311 g/mol. The molecule has 6 nitrogen and oxygen atoms in total. The van der Waals surface area contributed by atoms with Crippen LogP contribution < -0.4 is 11.2 Å². The molecule has 22 heavy (non-hydrogen) atoms. The molecule has 3 rings (SSSR count). The van der Waals surface area contributed by atoms with Gasteiger partial charge in [0.1, 0.15) is 0 Å². The van der Waals surface area contributed by atoms with Gasteiger partial charge < -0.3 is 5.73 Å². The fraction of sp³-hybridized carbons (Fsp3) is 0.0667. The smallest absolute Gasteiger partial charge is 0.303 e. The number of nitrogens with two attached hydrogens (primary N) is 1. The summed E-state index contributed by atoms with van der Waals surface area (Å²) in [6, 6.07) is 13.7. The quantitative estimate of drug-likeness (QED) is 0.657. The molecule has 2 aromatic carbocycles. The second-order valence-corrected chi connectivity index (χ2v) is 5.16. The largest absolute Gasteiger partial charge is 0.374 e. The number of benzene rings is 2. The predicted octanol–water partition coefficient (Wildman–Crippen LogP) is 2.07. The fourth-order valence-corrected chi connectivity index (χ4v) is 2.34. The number of hydrazone groups is 2. The van der Waals surface area contributed by atoms with Crippen molar-refractivity contribution in [3.63, 3.8) is 0 Å². The van der Waals surface area contributed by atoms with Crippen LogP contribution in [0.1, 0.15) is 6.92 Å². The number of nitrogens with zero attached hydrogens (tertiary/aromatic N) is 3. The molecule has 0 spiro atoms. The third kappa shape index (κ3) is 2.42. The van der Waals surface area contributed by atoms with Crippen LogP contribution >= 0.6 is 12.2 Å². The Morgan fingerprint density at radius 3 is 2.73 bits per heavy atom. The molecule has 0 fully saturated rings. The van der Waals surface area contributed by atoms with E-state index in [0.29, 0.717) is 5.71 Å². The molecule has 2 aromatic rings. The Morgan fingerprint density at radius 2 is 2.00 bits per heavy atom. The van der Waals surface area contributed by atoms with Crippen LogP contribution in [-0.4, -0.2) is 27.5 Å². The number of nitrogens with one attached hydrogen (secondary N) is 1. The minimum atomic E-state index is -0.433. The molecule has 7 heteroatoms. The number of hydrogen-bond donors (Lipinski definition) is 2. The first-order valence-corrected chi connectivity index (χ1v) is 6.99. The first-order valence-electron chi connectivity index (χ1n) is 6.59. The Hall–Kier alpha value is -2.80. The molecule has 3 N–H and O–H groups in total. The zero-order valence-corrected chi connectivity index (χ0v) is 12.6. The Bertz CT molecular complexity index is 837. The SMILES string of the molecule is CC1=NN(C(N)=S)C(=O)C1=NNc1cccc2ccccc12. The summed E-state index contributed by atoms with van der Waals surface area (Å²) in [4.78, 5) is 12.1. The Labute approximate surface area is 132 Å².